The first-order valence-electron chi connectivity index (χ1n) is 5.23. The van der Waals surface area contributed by atoms with Gasteiger partial charge in [0.15, 0.2) is 0 Å². The van der Waals surface area contributed by atoms with Crippen molar-refractivity contribution in [1.82, 2.24) is 9.97 Å². The van der Waals surface area contributed by atoms with Crippen molar-refractivity contribution in [1.29, 1.82) is 0 Å². The van der Waals surface area contributed by atoms with Crippen LogP contribution < -0.4 is 10.6 Å². The molecule has 0 unspecified atom stereocenters. The van der Waals surface area contributed by atoms with Crippen molar-refractivity contribution in [3.63, 3.8) is 0 Å². The number of nitrogens with one attached hydrogen (secondary N) is 2. The van der Waals surface area contributed by atoms with Crippen LogP contribution in [0, 0.1) is 6.92 Å². The monoisotopic (exact) mass is 292 g/mol. The Labute approximate surface area is 109 Å². The van der Waals surface area contributed by atoms with Crippen LogP contribution >= 0.6 is 15.9 Å². The number of rotatable bonds is 3. The summed E-state index contributed by atoms with van der Waals surface area (Å²) in [6.07, 6.45) is 1.71. The molecule has 88 valence electrons. The second-order valence-corrected chi connectivity index (χ2v) is 4.37. The molecule has 0 bridgehead atoms. The average molecular weight is 293 g/mol. The number of anilines is 3. The summed E-state index contributed by atoms with van der Waals surface area (Å²) in [6, 6.07) is 7.88. The SMILES string of the molecule is CNc1nccc(Nc2cccc(C)c2Br)n1. The van der Waals surface area contributed by atoms with Gasteiger partial charge in [0, 0.05) is 17.7 Å². The minimum Gasteiger partial charge on any atom is -0.357 e. The van der Waals surface area contributed by atoms with Crippen molar-refractivity contribution >= 4 is 33.4 Å². The van der Waals surface area contributed by atoms with Gasteiger partial charge in [-0.25, -0.2) is 4.98 Å². The van der Waals surface area contributed by atoms with Gasteiger partial charge in [-0.15, -0.1) is 0 Å². The molecule has 1 aromatic heterocycles. The van der Waals surface area contributed by atoms with Crippen LogP contribution in [0.25, 0.3) is 0 Å². The lowest BCUT2D eigenvalue weighted by molar-refractivity contribution is 1.15. The topological polar surface area (TPSA) is 49.8 Å². The fourth-order valence-electron chi connectivity index (χ4n) is 1.43. The van der Waals surface area contributed by atoms with Gasteiger partial charge in [0.05, 0.1) is 5.69 Å². The lowest BCUT2D eigenvalue weighted by Crippen LogP contribution is -2.00. The van der Waals surface area contributed by atoms with E-state index in [-0.39, 0.29) is 0 Å². The first-order chi connectivity index (χ1) is 8.20. The summed E-state index contributed by atoms with van der Waals surface area (Å²) in [5.74, 6) is 1.36. The number of aromatic nitrogens is 2. The zero-order valence-electron chi connectivity index (χ0n) is 9.66. The highest BCUT2D eigenvalue weighted by Crippen LogP contribution is 2.27. The number of nitrogens with zero attached hydrogens (tertiary/aromatic N) is 2. The Morgan fingerprint density at radius 1 is 1.24 bits per heavy atom. The predicted molar refractivity (Wildman–Crippen MR) is 73.7 cm³/mol. The molecule has 17 heavy (non-hydrogen) atoms. The molecule has 2 N–H and O–H groups in total. The van der Waals surface area contributed by atoms with Gasteiger partial charge in [-0.05, 0) is 40.5 Å². The highest BCUT2D eigenvalue weighted by Gasteiger charge is 2.03. The zero-order chi connectivity index (χ0) is 12.3. The molecule has 0 atom stereocenters. The maximum atomic E-state index is 4.30. The van der Waals surface area contributed by atoms with E-state index < -0.39 is 0 Å². The zero-order valence-corrected chi connectivity index (χ0v) is 11.2. The Balaban J connectivity index is 2.28. The minimum atomic E-state index is 0.596. The molecule has 1 aromatic carbocycles. The summed E-state index contributed by atoms with van der Waals surface area (Å²) >= 11 is 3.55. The van der Waals surface area contributed by atoms with Crippen molar-refractivity contribution in [3.8, 4) is 0 Å². The molecular formula is C12H13BrN4. The van der Waals surface area contributed by atoms with Crippen molar-refractivity contribution < 1.29 is 0 Å². The summed E-state index contributed by atoms with van der Waals surface area (Å²) in [4.78, 5) is 8.37. The van der Waals surface area contributed by atoms with Crippen molar-refractivity contribution in [2.24, 2.45) is 0 Å². The van der Waals surface area contributed by atoms with Gasteiger partial charge in [-0.1, -0.05) is 12.1 Å². The first kappa shape index (κ1) is 11.9. The van der Waals surface area contributed by atoms with E-state index >= 15 is 0 Å². The number of benzene rings is 1. The number of hydrogen-bond acceptors (Lipinski definition) is 4. The molecule has 0 saturated heterocycles. The Bertz CT molecular complexity index is 528. The van der Waals surface area contributed by atoms with Crippen LogP contribution in [0.3, 0.4) is 0 Å². The second kappa shape index (κ2) is 5.14. The van der Waals surface area contributed by atoms with Crippen molar-refractivity contribution in [3.05, 3.63) is 40.5 Å². The lowest BCUT2D eigenvalue weighted by atomic mass is 10.2. The van der Waals surface area contributed by atoms with Gasteiger partial charge >= 0.3 is 0 Å². The van der Waals surface area contributed by atoms with Gasteiger partial charge in [-0.3, -0.25) is 0 Å². The predicted octanol–water partition coefficient (Wildman–Crippen LogP) is 3.33. The number of aryl methyl sites for hydroxylation is 1. The molecule has 4 nitrogen and oxygen atoms in total. The van der Waals surface area contributed by atoms with E-state index in [2.05, 4.69) is 36.5 Å². The molecule has 0 aliphatic rings. The molecule has 1 heterocycles. The molecule has 2 aromatic rings. The first-order valence-corrected chi connectivity index (χ1v) is 6.03. The largest absolute Gasteiger partial charge is 0.357 e. The van der Waals surface area contributed by atoms with Gasteiger partial charge in [-0.2, -0.15) is 4.98 Å². The van der Waals surface area contributed by atoms with Crippen LogP contribution in [0.2, 0.25) is 0 Å². The van der Waals surface area contributed by atoms with Crippen LogP contribution in [0.4, 0.5) is 17.5 Å². The van der Waals surface area contributed by atoms with E-state index in [1.54, 1.807) is 13.2 Å². The smallest absolute Gasteiger partial charge is 0.224 e. The van der Waals surface area contributed by atoms with Gasteiger partial charge in [0.25, 0.3) is 0 Å². The van der Waals surface area contributed by atoms with E-state index in [0.29, 0.717) is 5.95 Å². The third kappa shape index (κ3) is 2.74. The minimum absolute atomic E-state index is 0.596. The van der Waals surface area contributed by atoms with Crippen LogP contribution in [0.5, 0.6) is 0 Å². The maximum Gasteiger partial charge on any atom is 0.224 e. The maximum absolute atomic E-state index is 4.30. The molecule has 0 aliphatic heterocycles. The highest BCUT2D eigenvalue weighted by molar-refractivity contribution is 9.10. The summed E-state index contributed by atoms with van der Waals surface area (Å²) in [7, 11) is 1.79. The Morgan fingerprint density at radius 3 is 2.82 bits per heavy atom. The molecule has 0 fully saturated rings. The van der Waals surface area contributed by atoms with E-state index in [9.17, 15) is 0 Å². The molecule has 5 heteroatoms. The van der Waals surface area contributed by atoms with Crippen LogP contribution in [0.15, 0.2) is 34.9 Å². The third-order valence-corrected chi connectivity index (χ3v) is 3.39. The molecule has 0 amide bonds. The molecule has 0 spiro atoms. The normalized spacial score (nSPS) is 10.1. The highest BCUT2D eigenvalue weighted by atomic mass is 79.9. The van der Waals surface area contributed by atoms with Gasteiger partial charge < -0.3 is 10.6 Å². The lowest BCUT2D eigenvalue weighted by Gasteiger charge is -2.10. The summed E-state index contributed by atoms with van der Waals surface area (Å²) in [5.41, 5.74) is 2.17. The van der Waals surface area contributed by atoms with E-state index in [4.69, 9.17) is 0 Å². The Hall–Kier alpha value is -1.62. The molecule has 0 radical (unpaired) electrons. The van der Waals surface area contributed by atoms with E-state index in [1.807, 2.05) is 31.2 Å². The average Bonchev–Trinajstić information content (AvgIpc) is 2.35. The standard InChI is InChI=1S/C12H13BrN4/c1-8-4-3-5-9(11(8)13)16-10-6-7-15-12(14-2)17-10/h3-7H,1-2H3,(H2,14,15,16,17). The molecule has 0 aliphatic carbocycles. The molecule has 0 saturated carbocycles. The van der Waals surface area contributed by atoms with Crippen LogP contribution in [-0.2, 0) is 0 Å². The third-order valence-electron chi connectivity index (χ3n) is 2.33. The quantitative estimate of drug-likeness (QED) is 0.911. The fourth-order valence-corrected chi connectivity index (χ4v) is 1.79. The Morgan fingerprint density at radius 2 is 2.06 bits per heavy atom. The molecular weight excluding hydrogens is 280 g/mol. The second-order valence-electron chi connectivity index (χ2n) is 3.58. The van der Waals surface area contributed by atoms with E-state index in [0.717, 1.165) is 16.0 Å². The number of halogens is 1. The van der Waals surface area contributed by atoms with E-state index in [1.165, 1.54) is 5.56 Å². The van der Waals surface area contributed by atoms with Gasteiger partial charge in [0.2, 0.25) is 5.95 Å². The molecule has 2 rings (SSSR count). The fraction of sp³-hybridized carbons (Fsp3) is 0.167. The number of hydrogen-bond donors (Lipinski definition) is 2. The summed E-state index contributed by atoms with van der Waals surface area (Å²) in [6.45, 7) is 2.05. The Kier molecular flexibility index (Phi) is 3.58. The van der Waals surface area contributed by atoms with Crippen LogP contribution in [0.1, 0.15) is 5.56 Å². The van der Waals surface area contributed by atoms with Gasteiger partial charge in [0.1, 0.15) is 5.82 Å². The summed E-state index contributed by atoms with van der Waals surface area (Å²) < 4.78 is 1.05. The van der Waals surface area contributed by atoms with Crippen LogP contribution in [-0.4, -0.2) is 17.0 Å². The van der Waals surface area contributed by atoms with Crippen molar-refractivity contribution in [2.75, 3.05) is 17.7 Å². The van der Waals surface area contributed by atoms with Crippen molar-refractivity contribution in [2.45, 2.75) is 6.92 Å². The summed E-state index contributed by atoms with van der Waals surface area (Å²) in [5, 5.41) is 6.15.